The Kier molecular flexibility index (Phi) is 11.0. The molecule has 0 bridgehead atoms. The van der Waals surface area contributed by atoms with Crippen molar-refractivity contribution < 1.29 is 18.0 Å². The van der Waals surface area contributed by atoms with Crippen molar-refractivity contribution in [2.24, 2.45) is 0 Å². The summed E-state index contributed by atoms with van der Waals surface area (Å²) in [6, 6.07) is 21.5. The highest BCUT2D eigenvalue weighted by Crippen LogP contribution is 2.28. The third-order valence-electron chi connectivity index (χ3n) is 6.16. The van der Waals surface area contributed by atoms with Gasteiger partial charge in [0.2, 0.25) is 11.8 Å². The molecule has 0 radical (unpaired) electrons. The normalized spacial score (nSPS) is 12.3. The molecule has 0 spiro atoms. The number of nitrogens with one attached hydrogen (secondary N) is 1. The Morgan fingerprint density at radius 1 is 0.850 bits per heavy atom. The van der Waals surface area contributed by atoms with Crippen molar-refractivity contribution in [2.75, 3.05) is 24.9 Å². The molecule has 0 fully saturated rings. The maximum atomic E-state index is 14.2. The molecular formula is C29H34Cl2N4O4S. The van der Waals surface area contributed by atoms with E-state index in [0.29, 0.717) is 21.3 Å². The average Bonchev–Trinajstić information content (AvgIpc) is 2.91. The van der Waals surface area contributed by atoms with Crippen LogP contribution in [0.2, 0.25) is 10.0 Å². The summed E-state index contributed by atoms with van der Waals surface area (Å²) in [5, 5.41) is 3.56. The van der Waals surface area contributed by atoms with Crippen LogP contribution in [0.25, 0.3) is 0 Å². The van der Waals surface area contributed by atoms with Gasteiger partial charge in [0.1, 0.15) is 12.6 Å². The molecule has 0 aliphatic rings. The number of amides is 2. The molecule has 3 aromatic carbocycles. The van der Waals surface area contributed by atoms with E-state index < -0.39 is 28.7 Å². The van der Waals surface area contributed by atoms with Crippen LogP contribution in [0, 0.1) is 0 Å². The first-order valence-corrected chi connectivity index (χ1v) is 14.9. The van der Waals surface area contributed by atoms with E-state index in [0.717, 1.165) is 14.2 Å². The molecule has 11 heteroatoms. The van der Waals surface area contributed by atoms with E-state index in [1.165, 1.54) is 19.0 Å². The molecule has 0 aliphatic carbocycles. The Bertz CT molecular complexity index is 1380. The quantitative estimate of drug-likeness (QED) is 0.322. The van der Waals surface area contributed by atoms with Crippen molar-refractivity contribution in [3.63, 3.8) is 0 Å². The average molecular weight is 606 g/mol. The molecule has 1 atom stereocenters. The number of nitrogens with zero attached hydrogens (tertiary/aromatic N) is 3. The van der Waals surface area contributed by atoms with Gasteiger partial charge in [-0.1, -0.05) is 77.8 Å². The van der Waals surface area contributed by atoms with Gasteiger partial charge in [0.25, 0.3) is 0 Å². The van der Waals surface area contributed by atoms with Crippen molar-refractivity contribution in [3.05, 3.63) is 100 Å². The molecule has 0 aliphatic heterocycles. The fraction of sp³-hybridized carbons (Fsp3) is 0.310. The molecule has 0 aromatic heterocycles. The minimum Gasteiger partial charge on any atom is -0.352 e. The Balaban J connectivity index is 2.12. The summed E-state index contributed by atoms with van der Waals surface area (Å²) in [4.78, 5) is 29.2. The van der Waals surface area contributed by atoms with Gasteiger partial charge in [-0.3, -0.25) is 9.59 Å². The van der Waals surface area contributed by atoms with Crippen molar-refractivity contribution in [2.45, 2.75) is 38.9 Å². The summed E-state index contributed by atoms with van der Waals surface area (Å²) < 4.78 is 28.8. The van der Waals surface area contributed by atoms with Gasteiger partial charge in [-0.15, -0.1) is 0 Å². The summed E-state index contributed by atoms with van der Waals surface area (Å²) in [5.74, 6) is -0.970. The highest BCUT2D eigenvalue weighted by atomic mass is 35.5. The van der Waals surface area contributed by atoms with Gasteiger partial charge in [0.05, 0.1) is 5.69 Å². The fourth-order valence-corrected chi connectivity index (χ4v) is 5.67. The zero-order valence-electron chi connectivity index (χ0n) is 22.9. The Hall–Kier alpha value is -3.11. The molecule has 3 aromatic rings. The van der Waals surface area contributed by atoms with E-state index in [4.69, 9.17) is 23.2 Å². The molecule has 0 heterocycles. The van der Waals surface area contributed by atoms with Crippen molar-refractivity contribution in [1.82, 2.24) is 14.5 Å². The predicted molar refractivity (Wildman–Crippen MR) is 161 cm³/mol. The SMILES string of the molecule is CC(C)NC(=O)[C@@H](Cc1ccccc1)N(Cc1c(Cl)cccc1Cl)C(=O)CN(c1ccccc1)S(=O)(=O)N(C)C. The lowest BCUT2D eigenvalue weighted by atomic mass is 10.0. The highest BCUT2D eigenvalue weighted by molar-refractivity contribution is 7.90. The number of carbonyl (C=O) groups excluding carboxylic acids is 2. The van der Waals surface area contributed by atoms with Gasteiger partial charge >= 0.3 is 10.2 Å². The maximum Gasteiger partial charge on any atom is 0.304 e. The van der Waals surface area contributed by atoms with E-state index in [9.17, 15) is 18.0 Å². The monoisotopic (exact) mass is 604 g/mol. The van der Waals surface area contributed by atoms with Crippen LogP contribution in [0.15, 0.2) is 78.9 Å². The molecule has 0 unspecified atom stereocenters. The van der Waals surface area contributed by atoms with Gasteiger partial charge in [-0.05, 0) is 43.7 Å². The molecule has 1 N–H and O–H groups in total. The number of anilines is 1. The first-order valence-electron chi connectivity index (χ1n) is 12.7. The summed E-state index contributed by atoms with van der Waals surface area (Å²) in [6.45, 7) is 3.00. The Morgan fingerprint density at radius 3 is 1.93 bits per heavy atom. The number of halogens is 2. The van der Waals surface area contributed by atoms with Crippen LogP contribution < -0.4 is 9.62 Å². The minimum absolute atomic E-state index is 0.106. The van der Waals surface area contributed by atoms with Crippen LogP contribution in [0.1, 0.15) is 25.0 Å². The lowest BCUT2D eigenvalue weighted by Gasteiger charge is -2.35. The highest BCUT2D eigenvalue weighted by Gasteiger charge is 2.35. The number of carbonyl (C=O) groups is 2. The van der Waals surface area contributed by atoms with Gasteiger partial charge in [0.15, 0.2) is 0 Å². The van der Waals surface area contributed by atoms with Crippen LogP contribution >= 0.6 is 23.2 Å². The second kappa shape index (κ2) is 14.0. The topological polar surface area (TPSA) is 90.0 Å². The minimum atomic E-state index is -4.07. The lowest BCUT2D eigenvalue weighted by Crippen LogP contribution is -2.55. The van der Waals surface area contributed by atoms with E-state index in [1.54, 1.807) is 48.5 Å². The van der Waals surface area contributed by atoms with E-state index in [1.807, 2.05) is 44.2 Å². The summed E-state index contributed by atoms with van der Waals surface area (Å²) in [7, 11) is -1.28. The number of para-hydroxylation sites is 1. The van der Waals surface area contributed by atoms with E-state index in [-0.39, 0.29) is 24.9 Å². The van der Waals surface area contributed by atoms with Crippen molar-refractivity contribution in [1.29, 1.82) is 0 Å². The summed E-state index contributed by atoms with van der Waals surface area (Å²) >= 11 is 13.0. The largest absolute Gasteiger partial charge is 0.352 e. The van der Waals surface area contributed by atoms with Gasteiger partial charge in [-0.25, -0.2) is 4.31 Å². The second-order valence-corrected chi connectivity index (χ2v) is 12.6. The Morgan fingerprint density at radius 2 is 1.40 bits per heavy atom. The number of hydrogen-bond acceptors (Lipinski definition) is 4. The van der Waals surface area contributed by atoms with Gasteiger partial charge in [0, 0.05) is 48.7 Å². The molecule has 40 heavy (non-hydrogen) atoms. The fourth-order valence-electron chi connectivity index (χ4n) is 4.10. The van der Waals surface area contributed by atoms with E-state index >= 15 is 0 Å². The second-order valence-electron chi connectivity index (χ2n) is 9.72. The molecule has 0 saturated heterocycles. The number of benzene rings is 3. The molecule has 2 amide bonds. The van der Waals surface area contributed by atoms with Gasteiger partial charge < -0.3 is 10.2 Å². The lowest BCUT2D eigenvalue weighted by molar-refractivity contribution is -0.140. The standard InChI is InChI=1S/C29H34Cl2N4O4S/c1-21(2)32-29(37)27(18-22-12-7-5-8-13-22)34(19-24-25(30)16-11-17-26(24)31)28(36)20-35(40(38,39)33(3)4)23-14-9-6-10-15-23/h5-17,21,27H,18-20H2,1-4H3,(H,32,37)/t27-/m1/s1. The zero-order chi connectivity index (χ0) is 29.4. The number of rotatable bonds is 12. The molecule has 8 nitrogen and oxygen atoms in total. The van der Waals surface area contributed by atoms with Crippen LogP contribution in [-0.4, -0.2) is 62.2 Å². The molecule has 0 saturated carbocycles. The van der Waals surface area contributed by atoms with Crippen LogP contribution in [0.5, 0.6) is 0 Å². The third kappa shape index (κ3) is 7.97. The van der Waals surface area contributed by atoms with Crippen molar-refractivity contribution in [3.8, 4) is 0 Å². The van der Waals surface area contributed by atoms with Crippen molar-refractivity contribution >= 4 is 50.9 Å². The maximum absolute atomic E-state index is 14.2. The summed E-state index contributed by atoms with van der Waals surface area (Å²) in [5.41, 5.74) is 1.60. The molecule has 214 valence electrons. The number of hydrogen-bond donors (Lipinski definition) is 1. The third-order valence-corrected chi connectivity index (χ3v) is 8.68. The van der Waals surface area contributed by atoms with Crippen LogP contribution in [0.4, 0.5) is 5.69 Å². The van der Waals surface area contributed by atoms with Gasteiger partial charge in [-0.2, -0.15) is 12.7 Å². The first-order chi connectivity index (χ1) is 18.9. The smallest absolute Gasteiger partial charge is 0.304 e. The first kappa shape index (κ1) is 31.4. The molecule has 3 rings (SSSR count). The Labute approximate surface area is 246 Å². The summed E-state index contributed by atoms with van der Waals surface area (Å²) in [6.07, 6.45) is 0.193. The predicted octanol–water partition coefficient (Wildman–Crippen LogP) is 4.77. The zero-order valence-corrected chi connectivity index (χ0v) is 25.2. The van der Waals surface area contributed by atoms with E-state index in [2.05, 4.69) is 5.32 Å². The van der Waals surface area contributed by atoms with Crippen LogP contribution in [0.3, 0.4) is 0 Å². The van der Waals surface area contributed by atoms with Crippen LogP contribution in [-0.2, 0) is 32.8 Å². The molecular weight excluding hydrogens is 571 g/mol.